The number of carbonyl (C=O) groups is 3. The van der Waals surface area contributed by atoms with Crippen LogP contribution in [0.3, 0.4) is 0 Å². The van der Waals surface area contributed by atoms with E-state index in [2.05, 4.69) is 17.6 Å². The Kier molecular flexibility index (Phi) is 21.4. The van der Waals surface area contributed by atoms with Gasteiger partial charge in [0.2, 0.25) is 17.7 Å². The maximum atomic E-state index is 13.3. The third kappa shape index (κ3) is 17.2. The molecule has 1 fully saturated rings. The first kappa shape index (κ1) is 43.6. The van der Waals surface area contributed by atoms with Crippen molar-refractivity contribution in [1.29, 1.82) is 0 Å². The van der Waals surface area contributed by atoms with E-state index < -0.39 is 40.7 Å². The number of aliphatic hydroxyl groups is 3. The van der Waals surface area contributed by atoms with Crippen LogP contribution >= 0.6 is 11.8 Å². The highest BCUT2D eigenvalue weighted by Crippen LogP contribution is 2.29. The number of nitrogens with zero attached hydrogens (tertiary/aromatic N) is 1. The van der Waals surface area contributed by atoms with Gasteiger partial charge in [0.05, 0.1) is 11.5 Å². The number of aliphatic hydroxyl groups excluding tert-OH is 3. The monoisotopic (exact) mass is 687 g/mol. The van der Waals surface area contributed by atoms with Gasteiger partial charge in [0.15, 0.2) is 0 Å². The molecule has 276 valence electrons. The zero-order chi connectivity index (χ0) is 35.5. The lowest BCUT2D eigenvalue weighted by Gasteiger charge is -2.39. The van der Waals surface area contributed by atoms with Crippen molar-refractivity contribution in [3.63, 3.8) is 0 Å². The van der Waals surface area contributed by atoms with Crippen LogP contribution in [0.5, 0.6) is 0 Å². The van der Waals surface area contributed by atoms with E-state index in [0.717, 1.165) is 12.8 Å². The zero-order valence-corrected chi connectivity index (χ0v) is 31.5. The summed E-state index contributed by atoms with van der Waals surface area (Å²) >= 11 is 1.34. The van der Waals surface area contributed by atoms with Crippen molar-refractivity contribution in [3.8, 4) is 0 Å². The van der Waals surface area contributed by atoms with Crippen LogP contribution in [0.2, 0.25) is 0 Å². The zero-order valence-electron chi connectivity index (χ0n) is 30.7. The molecule has 11 heteroatoms. The second-order valence-electron chi connectivity index (χ2n) is 14.8. The minimum atomic E-state index is -1.25. The highest BCUT2D eigenvalue weighted by Gasteiger charge is 2.41. The van der Waals surface area contributed by atoms with Gasteiger partial charge < -0.3 is 35.6 Å². The average molecular weight is 688 g/mol. The van der Waals surface area contributed by atoms with E-state index in [1.54, 1.807) is 18.9 Å². The molecule has 5 atom stereocenters. The summed E-state index contributed by atoms with van der Waals surface area (Å²) in [6.07, 6.45) is 12.4. The van der Waals surface area contributed by atoms with Gasteiger partial charge in [-0.2, -0.15) is 0 Å². The van der Waals surface area contributed by atoms with Crippen LogP contribution in [-0.4, -0.2) is 100 Å². The van der Waals surface area contributed by atoms with Crippen molar-refractivity contribution in [1.82, 2.24) is 15.5 Å². The molecular weight excluding hydrogens is 618 g/mol. The summed E-state index contributed by atoms with van der Waals surface area (Å²) in [5, 5.41) is 35.8. The average Bonchev–Trinajstić information content (AvgIpc) is 3.02. The van der Waals surface area contributed by atoms with E-state index in [-0.39, 0.29) is 30.7 Å². The number of ether oxygens (including phenoxy) is 1. The number of thioether (sulfide) groups is 1. The fourth-order valence-electron chi connectivity index (χ4n) is 5.93. The predicted molar refractivity (Wildman–Crippen MR) is 191 cm³/mol. The SMILES string of the molecule is CCCCCCCCCCCCCCNC(=O)C(C)(C)CN(C)C(=O)C(C)(C)CCC(=O)NCCCS[C@@H]1OC(C)[C@@H](O)C(O)C1O. The van der Waals surface area contributed by atoms with E-state index in [4.69, 9.17) is 4.74 Å². The van der Waals surface area contributed by atoms with Gasteiger partial charge in [-0.3, -0.25) is 14.4 Å². The molecule has 10 nitrogen and oxygen atoms in total. The van der Waals surface area contributed by atoms with Gasteiger partial charge in [-0.15, -0.1) is 11.8 Å². The maximum absolute atomic E-state index is 13.3. The van der Waals surface area contributed by atoms with E-state index in [9.17, 15) is 29.7 Å². The summed E-state index contributed by atoms with van der Waals surface area (Å²) in [4.78, 5) is 40.3. The minimum Gasteiger partial charge on any atom is -0.388 e. The van der Waals surface area contributed by atoms with Crippen molar-refractivity contribution < 1.29 is 34.4 Å². The molecule has 0 radical (unpaired) electrons. The van der Waals surface area contributed by atoms with Crippen molar-refractivity contribution in [2.45, 2.75) is 168 Å². The molecule has 0 aromatic carbocycles. The third-order valence-electron chi connectivity index (χ3n) is 9.20. The Balaban J connectivity index is 2.24. The van der Waals surface area contributed by atoms with Gasteiger partial charge in [0.1, 0.15) is 23.7 Å². The predicted octanol–water partition coefficient (Wildman–Crippen LogP) is 5.16. The van der Waals surface area contributed by atoms with Crippen LogP contribution in [0.15, 0.2) is 0 Å². The van der Waals surface area contributed by atoms with E-state index >= 15 is 0 Å². The van der Waals surface area contributed by atoms with Crippen LogP contribution in [0.4, 0.5) is 0 Å². The number of hydrogen-bond acceptors (Lipinski definition) is 8. The molecule has 0 aromatic heterocycles. The van der Waals surface area contributed by atoms with E-state index in [1.807, 2.05) is 27.7 Å². The molecule has 47 heavy (non-hydrogen) atoms. The lowest BCUT2D eigenvalue weighted by atomic mass is 9.84. The first-order valence-corrected chi connectivity index (χ1v) is 19.3. The summed E-state index contributed by atoms with van der Waals surface area (Å²) in [6, 6.07) is 0. The standard InChI is InChI=1S/C36H69N3O7S/c1-8-9-10-11-12-13-14-15-16-17-18-19-23-38-33(44)36(5,6)26-39(7)34(45)35(3,4)22-21-28(40)37-24-20-25-47-32-31(43)30(42)29(41)27(2)46-32/h27,29-32,41-43H,8-26H2,1-7H3,(H,37,40)(H,38,44)/t27?,29-,30?,31?,32+/m1/s1. The van der Waals surface area contributed by atoms with Crippen LogP contribution in [-0.2, 0) is 19.1 Å². The fraction of sp³-hybridized carbons (Fsp3) is 0.917. The molecule has 3 amide bonds. The summed E-state index contributed by atoms with van der Waals surface area (Å²) in [7, 11) is 1.72. The lowest BCUT2D eigenvalue weighted by molar-refractivity contribution is -0.192. The Bertz CT molecular complexity index is 904. The smallest absolute Gasteiger partial charge is 0.228 e. The minimum absolute atomic E-state index is 0.0524. The Morgan fingerprint density at radius 3 is 1.85 bits per heavy atom. The fourth-order valence-corrected chi connectivity index (χ4v) is 7.09. The quantitative estimate of drug-likeness (QED) is 0.0827. The summed E-state index contributed by atoms with van der Waals surface area (Å²) < 4.78 is 5.58. The van der Waals surface area contributed by atoms with E-state index in [0.29, 0.717) is 31.7 Å². The molecule has 0 saturated carbocycles. The molecule has 0 aromatic rings. The molecule has 1 aliphatic rings. The second-order valence-corrected chi connectivity index (χ2v) is 16.0. The van der Waals surface area contributed by atoms with Crippen molar-refractivity contribution in [2.24, 2.45) is 10.8 Å². The Hall–Kier alpha value is -1.40. The largest absolute Gasteiger partial charge is 0.388 e. The molecular formula is C36H69N3O7S. The van der Waals surface area contributed by atoms with Gasteiger partial charge >= 0.3 is 0 Å². The summed E-state index contributed by atoms with van der Waals surface area (Å²) in [6.45, 7) is 12.7. The normalized spacial score (nSPS) is 21.8. The molecule has 1 aliphatic heterocycles. The van der Waals surface area contributed by atoms with Gasteiger partial charge in [0, 0.05) is 38.5 Å². The molecule has 5 N–H and O–H groups in total. The molecule has 0 bridgehead atoms. The Morgan fingerprint density at radius 1 is 0.745 bits per heavy atom. The number of hydrogen-bond donors (Lipinski definition) is 5. The number of unbranched alkanes of at least 4 members (excludes halogenated alkanes) is 11. The highest BCUT2D eigenvalue weighted by atomic mass is 32.2. The Morgan fingerprint density at radius 2 is 1.28 bits per heavy atom. The lowest BCUT2D eigenvalue weighted by Crippen LogP contribution is -2.55. The number of rotatable bonds is 25. The summed E-state index contributed by atoms with van der Waals surface area (Å²) in [5.74, 6) is 0.298. The number of carbonyl (C=O) groups excluding carboxylic acids is 3. The molecule has 1 rings (SSSR count). The van der Waals surface area contributed by atoms with Gasteiger partial charge in [0.25, 0.3) is 0 Å². The van der Waals surface area contributed by atoms with E-state index in [1.165, 1.54) is 76.0 Å². The topological polar surface area (TPSA) is 148 Å². The molecule has 1 heterocycles. The van der Waals surface area contributed by atoms with Gasteiger partial charge in [-0.05, 0) is 45.8 Å². The van der Waals surface area contributed by atoms with Crippen molar-refractivity contribution >= 4 is 29.5 Å². The van der Waals surface area contributed by atoms with Crippen LogP contribution < -0.4 is 10.6 Å². The summed E-state index contributed by atoms with van der Waals surface area (Å²) in [5.41, 5.74) is -2.14. The van der Waals surface area contributed by atoms with Crippen LogP contribution in [0.1, 0.15) is 138 Å². The van der Waals surface area contributed by atoms with Crippen LogP contribution in [0.25, 0.3) is 0 Å². The number of amides is 3. The maximum Gasteiger partial charge on any atom is 0.228 e. The van der Waals surface area contributed by atoms with Gasteiger partial charge in [-0.25, -0.2) is 0 Å². The van der Waals surface area contributed by atoms with Gasteiger partial charge in [-0.1, -0.05) is 91.4 Å². The highest BCUT2D eigenvalue weighted by molar-refractivity contribution is 7.99. The number of nitrogens with one attached hydrogen (secondary N) is 2. The molecule has 0 aliphatic carbocycles. The van der Waals surface area contributed by atoms with Crippen molar-refractivity contribution in [2.75, 3.05) is 32.4 Å². The second kappa shape index (κ2) is 23.1. The molecule has 3 unspecified atom stereocenters. The third-order valence-corrected chi connectivity index (χ3v) is 10.4. The molecule has 0 spiro atoms. The first-order valence-electron chi connectivity index (χ1n) is 18.3. The molecule has 1 saturated heterocycles. The van der Waals surface area contributed by atoms with Crippen LogP contribution in [0, 0.1) is 10.8 Å². The Labute approximate surface area is 289 Å². The first-order chi connectivity index (χ1) is 22.1. The van der Waals surface area contributed by atoms with Crippen molar-refractivity contribution in [3.05, 3.63) is 0 Å².